The number of carboxylic acid groups (broad SMARTS) is 1. The molecule has 5 heteroatoms. The van der Waals surface area contributed by atoms with Crippen molar-refractivity contribution < 1.29 is 14.7 Å². The Morgan fingerprint density at radius 2 is 1.89 bits per heavy atom. The number of aliphatic carboxylic acids is 1. The first-order chi connectivity index (χ1) is 8.65. The van der Waals surface area contributed by atoms with Crippen molar-refractivity contribution in [1.82, 2.24) is 4.90 Å². The number of carbonyl (C=O) groups excluding carboxylic acids is 1. The molecular formula is C13H22N2O3. The van der Waals surface area contributed by atoms with E-state index in [4.69, 9.17) is 10.8 Å². The van der Waals surface area contributed by atoms with Gasteiger partial charge in [0.1, 0.15) is 6.04 Å². The molecule has 3 N–H and O–H groups in total. The van der Waals surface area contributed by atoms with Gasteiger partial charge in [-0.1, -0.05) is 12.8 Å². The van der Waals surface area contributed by atoms with Crippen molar-refractivity contribution in [2.24, 2.45) is 17.6 Å². The van der Waals surface area contributed by atoms with Crippen LogP contribution in [0.3, 0.4) is 0 Å². The highest BCUT2D eigenvalue weighted by Crippen LogP contribution is 2.32. The number of nitrogens with zero attached hydrogens (tertiary/aromatic N) is 1. The Morgan fingerprint density at radius 3 is 2.56 bits per heavy atom. The van der Waals surface area contributed by atoms with E-state index >= 15 is 0 Å². The van der Waals surface area contributed by atoms with Crippen LogP contribution in [0.4, 0.5) is 0 Å². The predicted molar refractivity (Wildman–Crippen MR) is 66.9 cm³/mol. The fraction of sp³-hybridized carbons (Fsp3) is 0.846. The van der Waals surface area contributed by atoms with Crippen LogP contribution < -0.4 is 5.73 Å². The van der Waals surface area contributed by atoms with Gasteiger partial charge in [-0.2, -0.15) is 0 Å². The Labute approximate surface area is 107 Å². The normalized spacial score (nSPS) is 32.5. The van der Waals surface area contributed by atoms with Crippen molar-refractivity contribution in [2.45, 2.75) is 44.6 Å². The van der Waals surface area contributed by atoms with Crippen molar-refractivity contribution >= 4 is 11.9 Å². The maximum absolute atomic E-state index is 12.5. The second kappa shape index (κ2) is 5.69. The Bertz CT molecular complexity index is 332. The van der Waals surface area contributed by atoms with Crippen LogP contribution in [0.25, 0.3) is 0 Å². The van der Waals surface area contributed by atoms with Crippen molar-refractivity contribution in [2.75, 3.05) is 13.1 Å². The highest BCUT2D eigenvalue weighted by atomic mass is 16.4. The summed E-state index contributed by atoms with van der Waals surface area (Å²) in [4.78, 5) is 25.2. The number of amides is 1. The summed E-state index contributed by atoms with van der Waals surface area (Å²) in [5.41, 5.74) is 5.74. The van der Waals surface area contributed by atoms with Crippen molar-refractivity contribution in [3.63, 3.8) is 0 Å². The first-order valence-corrected chi connectivity index (χ1v) is 6.88. The number of hydrogen-bond acceptors (Lipinski definition) is 3. The molecule has 102 valence electrons. The lowest BCUT2D eigenvalue weighted by atomic mass is 9.78. The summed E-state index contributed by atoms with van der Waals surface area (Å²) in [6, 6.07) is -0.613. The lowest BCUT2D eigenvalue weighted by Gasteiger charge is -2.34. The minimum absolute atomic E-state index is 0.0232. The van der Waals surface area contributed by atoms with Crippen LogP contribution >= 0.6 is 0 Å². The van der Waals surface area contributed by atoms with Gasteiger partial charge in [-0.05, 0) is 38.1 Å². The van der Waals surface area contributed by atoms with Crippen molar-refractivity contribution in [3.05, 3.63) is 0 Å². The average Bonchev–Trinajstić information content (AvgIpc) is 2.87. The molecule has 0 aromatic heterocycles. The maximum Gasteiger partial charge on any atom is 0.326 e. The molecule has 18 heavy (non-hydrogen) atoms. The van der Waals surface area contributed by atoms with E-state index in [0.29, 0.717) is 19.5 Å². The van der Waals surface area contributed by atoms with Gasteiger partial charge in [-0.15, -0.1) is 0 Å². The Balaban J connectivity index is 2.07. The molecule has 2 unspecified atom stereocenters. The van der Waals surface area contributed by atoms with E-state index in [1.165, 1.54) is 0 Å². The van der Waals surface area contributed by atoms with Crippen molar-refractivity contribution in [1.29, 1.82) is 0 Å². The monoisotopic (exact) mass is 254 g/mol. The summed E-state index contributed by atoms with van der Waals surface area (Å²) in [6.07, 6.45) is 5.43. The number of hydrogen-bond donors (Lipinski definition) is 2. The fourth-order valence-electron chi connectivity index (χ4n) is 3.32. The molecule has 0 spiro atoms. The zero-order chi connectivity index (χ0) is 13.1. The molecule has 2 rings (SSSR count). The molecule has 5 nitrogen and oxygen atoms in total. The van der Waals surface area contributed by atoms with Crippen LogP contribution in [0.2, 0.25) is 0 Å². The topological polar surface area (TPSA) is 83.6 Å². The van der Waals surface area contributed by atoms with E-state index in [0.717, 1.165) is 32.1 Å². The van der Waals surface area contributed by atoms with Crippen LogP contribution in [-0.4, -0.2) is 41.0 Å². The van der Waals surface area contributed by atoms with E-state index in [9.17, 15) is 9.59 Å². The summed E-state index contributed by atoms with van der Waals surface area (Å²) < 4.78 is 0. The largest absolute Gasteiger partial charge is 0.480 e. The van der Waals surface area contributed by atoms with E-state index in [2.05, 4.69) is 0 Å². The first-order valence-electron chi connectivity index (χ1n) is 6.88. The number of likely N-dealkylation sites (tertiary alicyclic amines) is 1. The zero-order valence-electron chi connectivity index (χ0n) is 10.7. The molecule has 1 heterocycles. The van der Waals surface area contributed by atoms with Gasteiger partial charge in [0.05, 0.1) is 0 Å². The molecule has 1 saturated carbocycles. The predicted octanol–water partition coefficient (Wildman–Crippen LogP) is 0.827. The highest BCUT2D eigenvalue weighted by molar-refractivity contribution is 5.86. The summed E-state index contributed by atoms with van der Waals surface area (Å²) >= 11 is 0. The van der Waals surface area contributed by atoms with Gasteiger partial charge in [-0.25, -0.2) is 4.79 Å². The Kier molecular flexibility index (Phi) is 4.22. The maximum atomic E-state index is 12.5. The molecule has 1 aliphatic heterocycles. The average molecular weight is 254 g/mol. The number of carbonyl (C=O) groups is 2. The lowest BCUT2D eigenvalue weighted by Crippen LogP contribution is -2.46. The molecule has 0 aromatic carbocycles. The Hall–Kier alpha value is -1.10. The van der Waals surface area contributed by atoms with Crippen LogP contribution in [0.1, 0.15) is 38.5 Å². The molecule has 3 atom stereocenters. The molecule has 1 amide bonds. The van der Waals surface area contributed by atoms with Crippen molar-refractivity contribution in [3.8, 4) is 0 Å². The third-order valence-corrected chi connectivity index (χ3v) is 4.35. The summed E-state index contributed by atoms with van der Waals surface area (Å²) in [7, 11) is 0. The van der Waals surface area contributed by atoms with E-state index in [1.54, 1.807) is 4.90 Å². The number of carboxylic acids is 1. The fourth-order valence-corrected chi connectivity index (χ4v) is 3.32. The molecule has 1 aliphatic carbocycles. The molecule has 2 fully saturated rings. The van der Waals surface area contributed by atoms with Crippen LogP contribution in [0, 0.1) is 11.8 Å². The number of nitrogens with two attached hydrogens (primary N) is 1. The second-order valence-corrected chi connectivity index (χ2v) is 5.41. The minimum Gasteiger partial charge on any atom is -0.480 e. The standard InChI is InChI=1S/C13H22N2O3/c14-8-9-4-1-2-5-10(9)12(16)15-7-3-6-11(15)13(17)18/h9-11H,1-8,14H2,(H,17,18)/t9?,10?,11-/m0/s1. The minimum atomic E-state index is -0.874. The van der Waals surface area contributed by atoms with E-state index in [-0.39, 0.29) is 17.7 Å². The van der Waals surface area contributed by atoms with Gasteiger partial charge in [0.2, 0.25) is 5.91 Å². The molecular weight excluding hydrogens is 232 g/mol. The SMILES string of the molecule is NCC1CCCCC1C(=O)N1CCC[C@H]1C(=O)O. The van der Waals surface area contributed by atoms with Crippen LogP contribution in [0.5, 0.6) is 0 Å². The van der Waals surface area contributed by atoms with Crippen LogP contribution in [0.15, 0.2) is 0 Å². The van der Waals surface area contributed by atoms with E-state index < -0.39 is 12.0 Å². The smallest absolute Gasteiger partial charge is 0.326 e. The number of rotatable bonds is 3. The van der Waals surface area contributed by atoms with Gasteiger partial charge in [0, 0.05) is 12.5 Å². The summed E-state index contributed by atoms with van der Waals surface area (Å²) in [6.45, 7) is 1.12. The molecule has 1 saturated heterocycles. The first kappa shape index (κ1) is 13.3. The molecule has 2 aliphatic rings. The van der Waals surface area contributed by atoms with Gasteiger partial charge < -0.3 is 15.7 Å². The second-order valence-electron chi connectivity index (χ2n) is 5.41. The van der Waals surface area contributed by atoms with Gasteiger partial charge in [0.25, 0.3) is 0 Å². The zero-order valence-corrected chi connectivity index (χ0v) is 10.7. The summed E-state index contributed by atoms with van der Waals surface area (Å²) in [5, 5.41) is 9.14. The van der Waals surface area contributed by atoms with Gasteiger partial charge in [0.15, 0.2) is 0 Å². The van der Waals surface area contributed by atoms with Crippen LogP contribution in [-0.2, 0) is 9.59 Å². The Morgan fingerprint density at radius 1 is 1.17 bits per heavy atom. The highest BCUT2D eigenvalue weighted by Gasteiger charge is 2.39. The van der Waals surface area contributed by atoms with Gasteiger partial charge >= 0.3 is 5.97 Å². The van der Waals surface area contributed by atoms with E-state index in [1.807, 2.05) is 0 Å². The van der Waals surface area contributed by atoms with Gasteiger partial charge in [-0.3, -0.25) is 4.79 Å². The lowest BCUT2D eigenvalue weighted by molar-refractivity contribution is -0.151. The molecule has 0 radical (unpaired) electrons. The third-order valence-electron chi connectivity index (χ3n) is 4.35. The third kappa shape index (κ3) is 2.51. The quantitative estimate of drug-likeness (QED) is 0.781. The summed E-state index contributed by atoms with van der Waals surface area (Å²) in [5.74, 6) is -0.666. The molecule has 0 bridgehead atoms. The molecule has 0 aromatic rings.